The number of fused-ring (bicyclic) bond motifs is 1. The molecule has 0 atom stereocenters. The number of nitrogens with two attached hydrogens (primary N) is 1. The quantitative estimate of drug-likeness (QED) is 0.745. The lowest BCUT2D eigenvalue weighted by molar-refractivity contribution is -0.117. The molecule has 0 saturated carbocycles. The molecule has 0 spiro atoms. The number of amides is 1. The van der Waals surface area contributed by atoms with Gasteiger partial charge in [0, 0.05) is 30.9 Å². The van der Waals surface area contributed by atoms with Crippen LogP contribution in [0.2, 0.25) is 0 Å². The molecule has 1 amide bonds. The molecule has 0 fully saturated rings. The molecule has 0 saturated heterocycles. The summed E-state index contributed by atoms with van der Waals surface area (Å²) in [6.45, 7) is 2.91. The lowest BCUT2D eigenvalue weighted by Crippen LogP contribution is -2.29. The Labute approximate surface area is 145 Å². The second-order valence-corrected chi connectivity index (χ2v) is 5.99. The number of rotatable bonds is 6. The molecule has 128 valence electrons. The van der Waals surface area contributed by atoms with Crippen LogP contribution in [0.4, 0.5) is 5.69 Å². The molecule has 2 N–H and O–H groups in total. The predicted octanol–water partition coefficient (Wildman–Crippen LogP) is 1.88. The lowest BCUT2D eigenvalue weighted by Gasteiger charge is -2.24. The summed E-state index contributed by atoms with van der Waals surface area (Å²) >= 11 is 0. The summed E-state index contributed by atoms with van der Waals surface area (Å²) < 4.78 is 1.50. The Morgan fingerprint density at radius 2 is 2.04 bits per heavy atom. The normalized spacial score (nSPS) is 10.8. The molecule has 2 heterocycles. The standard InChI is InChI=1S/C19H20N4O2/c1-14-5-4-6-16(11-14)22(10-8-17(20)24)13-15-12-19(25)23-9-3-2-7-18(23)21-15/h2-7,9,11-12H,8,10,13H2,1H3,(H2,20,24). The maximum Gasteiger partial charge on any atom is 0.258 e. The van der Waals surface area contributed by atoms with Crippen molar-refractivity contribution < 1.29 is 4.79 Å². The minimum absolute atomic E-state index is 0.125. The van der Waals surface area contributed by atoms with E-state index in [0.717, 1.165) is 11.3 Å². The Morgan fingerprint density at radius 1 is 1.20 bits per heavy atom. The van der Waals surface area contributed by atoms with E-state index in [1.54, 1.807) is 18.3 Å². The van der Waals surface area contributed by atoms with Crippen molar-refractivity contribution >= 4 is 17.2 Å². The molecule has 0 aliphatic carbocycles. The number of aromatic nitrogens is 2. The van der Waals surface area contributed by atoms with Gasteiger partial charge in [-0.05, 0) is 36.8 Å². The van der Waals surface area contributed by atoms with Crippen LogP contribution >= 0.6 is 0 Å². The number of benzene rings is 1. The van der Waals surface area contributed by atoms with Crippen LogP contribution in [0.25, 0.3) is 5.65 Å². The van der Waals surface area contributed by atoms with Crippen molar-refractivity contribution in [2.24, 2.45) is 5.73 Å². The number of anilines is 1. The third-order valence-electron chi connectivity index (χ3n) is 3.97. The third-order valence-corrected chi connectivity index (χ3v) is 3.97. The van der Waals surface area contributed by atoms with Crippen molar-refractivity contribution in [1.82, 2.24) is 9.38 Å². The maximum atomic E-state index is 12.3. The van der Waals surface area contributed by atoms with Gasteiger partial charge in [0.05, 0.1) is 12.2 Å². The highest BCUT2D eigenvalue weighted by Crippen LogP contribution is 2.18. The fourth-order valence-corrected chi connectivity index (χ4v) is 2.75. The van der Waals surface area contributed by atoms with Crippen molar-refractivity contribution in [3.05, 3.63) is 76.3 Å². The molecular formula is C19H20N4O2. The van der Waals surface area contributed by atoms with Gasteiger partial charge >= 0.3 is 0 Å². The molecule has 0 aliphatic rings. The number of hydrogen-bond acceptors (Lipinski definition) is 4. The first-order valence-corrected chi connectivity index (χ1v) is 8.10. The van der Waals surface area contributed by atoms with Crippen molar-refractivity contribution in [1.29, 1.82) is 0 Å². The Balaban J connectivity index is 1.94. The highest BCUT2D eigenvalue weighted by Gasteiger charge is 2.11. The summed E-state index contributed by atoms with van der Waals surface area (Å²) in [6.07, 6.45) is 1.93. The van der Waals surface area contributed by atoms with Crippen LogP contribution in [0.3, 0.4) is 0 Å². The van der Waals surface area contributed by atoms with Crippen LogP contribution in [0.5, 0.6) is 0 Å². The van der Waals surface area contributed by atoms with Crippen molar-refractivity contribution in [2.45, 2.75) is 19.9 Å². The van der Waals surface area contributed by atoms with E-state index in [0.29, 0.717) is 24.4 Å². The van der Waals surface area contributed by atoms with Gasteiger partial charge in [-0.2, -0.15) is 0 Å². The molecule has 0 aliphatic heterocycles. The van der Waals surface area contributed by atoms with E-state index in [4.69, 9.17) is 5.73 Å². The summed E-state index contributed by atoms with van der Waals surface area (Å²) in [5, 5.41) is 0. The van der Waals surface area contributed by atoms with Crippen molar-refractivity contribution in [3.63, 3.8) is 0 Å². The number of carbonyl (C=O) groups is 1. The molecule has 1 aromatic carbocycles. The van der Waals surface area contributed by atoms with Crippen LogP contribution in [0, 0.1) is 6.92 Å². The Kier molecular flexibility index (Phi) is 4.79. The summed E-state index contributed by atoms with van der Waals surface area (Å²) in [6, 6.07) is 14.9. The van der Waals surface area contributed by atoms with Gasteiger partial charge in [-0.1, -0.05) is 18.2 Å². The van der Waals surface area contributed by atoms with Crippen LogP contribution in [-0.4, -0.2) is 21.8 Å². The minimum atomic E-state index is -0.357. The smallest absolute Gasteiger partial charge is 0.258 e. The van der Waals surface area contributed by atoms with E-state index in [1.807, 2.05) is 42.2 Å². The second-order valence-electron chi connectivity index (χ2n) is 5.99. The van der Waals surface area contributed by atoms with Gasteiger partial charge in [0.1, 0.15) is 5.65 Å². The number of pyridine rings is 1. The molecule has 25 heavy (non-hydrogen) atoms. The van der Waals surface area contributed by atoms with Crippen molar-refractivity contribution in [2.75, 3.05) is 11.4 Å². The van der Waals surface area contributed by atoms with Gasteiger partial charge in [-0.3, -0.25) is 14.0 Å². The summed E-state index contributed by atoms with van der Waals surface area (Å²) in [5.41, 5.74) is 8.52. The van der Waals surface area contributed by atoms with E-state index in [2.05, 4.69) is 4.98 Å². The second kappa shape index (κ2) is 7.17. The zero-order valence-electron chi connectivity index (χ0n) is 14.1. The lowest BCUT2D eigenvalue weighted by atomic mass is 10.2. The van der Waals surface area contributed by atoms with Gasteiger partial charge < -0.3 is 10.6 Å². The molecular weight excluding hydrogens is 316 g/mol. The topological polar surface area (TPSA) is 80.7 Å². The summed E-state index contributed by atoms with van der Waals surface area (Å²) in [5.74, 6) is -0.357. The van der Waals surface area contributed by atoms with E-state index in [-0.39, 0.29) is 17.9 Å². The Hall–Kier alpha value is -3.15. The zero-order chi connectivity index (χ0) is 17.8. The van der Waals surface area contributed by atoms with Gasteiger partial charge in [0.15, 0.2) is 0 Å². The van der Waals surface area contributed by atoms with Gasteiger partial charge in [-0.25, -0.2) is 4.98 Å². The van der Waals surface area contributed by atoms with E-state index < -0.39 is 0 Å². The first-order valence-electron chi connectivity index (χ1n) is 8.10. The highest BCUT2D eigenvalue weighted by molar-refractivity contribution is 5.74. The van der Waals surface area contributed by atoms with Crippen molar-refractivity contribution in [3.8, 4) is 0 Å². The molecule has 0 radical (unpaired) electrons. The molecule has 0 bridgehead atoms. The predicted molar refractivity (Wildman–Crippen MR) is 97.5 cm³/mol. The number of hydrogen-bond donors (Lipinski definition) is 1. The molecule has 2 aromatic heterocycles. The van der Waals surface area contributed by atoms with Crippen LogP contribution < -0.4 is 16.2 Å². The monoisotopic (exact) mass is 336 g/mol. The number of primary amides is 1. The summed E-state index contributed by atoms with van der Waals surface area (Å²) in [7, 11) is 0. The molecule has 6 nitrogen and oxygen atoms in total. The number of carbonyl (C=O) groups excluding carboxylic acids is 1. The minimum Gasteiger partial charge on any atom is -0.370 e. The highest BCUT2D eigenvalue weighted by atomic mass is 16.1. The fourth-order valence-electron chi connectivity index (χ4n) is 2.75. The average Bonchev–Trinajstić information content (AvgIpc) is 2.58. The first-order chi connectivity index (χ1) is 12.0. The fraction of sp³-hybridized carbons (Fsp3) is 0.211. The third kappa shape index (κ3) is 4.03. The Morgan fingerprint density at radius 3 is 2.80 bits per heavy atom. The van der Waals surface area contributed by atoms with E-state index >= 15 is 0 Å². The summed E-state index contributed by atoms with van der Waals surface area (Å²) in [4.78, 5) is 30.0. The zero-order valence-corrected chi connectivity index (χ0v) is 14.1. The largest absolute Gasteiger partial charge is 0.370 e. The van der Waals surface area contributed by atoms with E-state index in [1.165, 1.54) is 10.5 Å². The van der Waals surface area contributed by atoms with Gasteiger partial charge in [-0.15, -0.1) is 0 Å². The van der Waals surface area contributed by atoms with Crippen LogP contribution in [0.15, 0.2) is 59.5 Å². The Bertz CT molecular complexity index is 965. The van der Waals surface area contributed by atoms with Gasteiger partial charge in [0.2, 0.25) is 5.91 Å². The number of aryl methyl sites for hydroxylation is 1. The maximum absolute atomic E-state index is 12.3. The van der Waals surface area contributed by atoms with Gasteiger partial charge in [0.25, 0.3) is 5.56 Å². The van der Waals surface area contributed by atoms with Crippen LogP contribution in [-0.2, 0) is 11.3 Å². The number of nitrogens with zero attached hydrogens (tertiary/aromatic N) is 3. The van der Waals surface area contributed by atoms with E-state index in [9.17, 15) is 9.59 Å². The molecule has 3 rings (SSSR count). The van der Waals surface area contributed by atoms with Crippen LogP contribution in [0.1, 0.15) is 17.7 Å². The first kappa shape index (κ1) is 16.7. The molecule has 3 aromatic rings. The molecule has 0 unspecified atom stereocenters. The average molecular weight is 336 g/mol. The SMILES string of the molecule is Cc1cccc(N(CCC(N)=O)Cc2cc(=O)n3ccccc3n2)c1. The molecule has 6 heteroatoms.